The van der Waals surface area contributed by atoms with E-state index in [1.165, 1.54) is 13.2 Å². The van der Waals surface area contributed by atoms with Crippen LogP contribution in [0.5, 0.6) is 11.5 Å². The summed E-state index contributed by atoms with van der Waals surface area (Å²) in [5, 5.41) is 0.584. The Hall–Kier alpha value is -1.82. The van der Waals surface area contributed by atoms with Crippen LogP contribution in [-0.2, 0) is 0 Å². The van der Waals surface area contributed by atoms with Crippen LogP contribution in [0.15, 0.2) is 42.5 Å². The van der Waals surface area contributed by atoms with E-state index in [0.29, 0.717) is 16.3 Å². The monoisotopic (exact) mass is 310 g/mol. The number of rotatable bonds is 6. The Morgan fingerprint density at radius 1 is 1.29 bits per heavy atom. The summed E-state index contributed by atoms with van der Waals surface area (Å²) in [6, 6.07) is 11.3. The first-order chi connectivity index (χ1) is 10.1. The molecule has 0 aliphatic heterocycles. The number of ether oxygens (including phenoxy) is 2. The maximum absolute atomic E-state index is 13.7. The van der Waals surface area contributed by atoms with E-state index in [4.69, 9.17) is 26.9 Å². The molecular weight excluding hydrogens is 295 g/mol. The van der Waals surface area contributed by atoms with Crippen molar-refractivity contribution in [2.75, 3.05) is 13.7 Å². The van der Waals surface area contributed by atoms with Crippen molar-refractivity contribution in [2.45, 2.75) is 6.04 Å². The summed E-state index contributed by atoms with van der Waals surface area (Å²) < 4.78 is 24.2. The molecule has 1 atom stereocenters. The summed E-state index contributed by atoms with van der Waals surface area (Å²) in [6.45, 7) is 0.239. The molecule has 1 unspecified atom stereocenters. The maximum Gasteiger partial charge on any atom is 0.165 e. The summed E-state index contributed by atoms with van der Waals surface area (Å²) in [6.07, 6.45) is 0. The Morgan fingerprint density at radius 2 is 2.10 bits per heavy atom. The van der Waals surface area contributed by atoms with Gasteiger partial charge in [-0.05, 0) is 35.9 Å². The Balaban J connectivity index is 2.07. The lowest BCUT2D eigenvalue weighted by Gasteiger charge is -2.18. The van der Waals surface area contributed by atoms with Crippen molar-refractivity contribution in [3.63, 3.8) is 0 Å². The third-order valence-electron chi connectivity index (χ3n) is 2.99. The van der Waals surface area contributed by atoms with Crippen LogP contribution < -0.4 is 20.7 Å². The van der Waals surface area contributed by atoms with Gasteiger partial charge in [-0.2, -0.15) is 0 Å². The first kappa shape index (κ1) is 15.6. The van der Waals surface area contributed by atoms with Gasteiger partial charge in [0, 0.05) is 5.02 Å². The number of methoxy groups -OCH3 is 1. The van der Waals surface area contributed by atoms with E-state index < -0.39 is 5.82 Å². The smallest absolute Gasteiger partial charge is 0.165 e. The highest BCUT2D eigenvalue weighted by atomic mass is 35.5. The van der Waals surface area contributed by atoms with Gasteiger partial charge in [-0.15, -0.1) is 0 Å². The van der Waals surface area contributed by atoms with Crippen molar-refractivity contribution in [2.24, 2.45) is 5.84 Å². The second-order valence-corrected chi connectivity index (χ2v) is 4.82. The zero-order valence-electron chi connectivity index (χ0n) is 11.5. The van der Waals surface area contributed by atoms with Crippen LogP contribution in [0.3, 0.4) is 0 Å². The molecule has 21 heavy (non-hydrogen) atoms. The minimum absolute atomic E-state index is 0.185. The number of nitrogens with one attached hydrogen (secondary N) is 1. The Labute approximate surface area is 127 Å². The van der Waals surface area contributed by atoms with Gasteiger partial charge in [0.1, 0.15) is 12.4 Å². The van der Waals surface area contributed by atoms with E-state index in [1.807, 2.05) is 0 Å². The van der Waals surface area contributed by atoms with E-state index in [0.717, 1.165) is 0 Å². The summed E-state index contributed by atoms with van der Waals surface area (Å²) in [5.74, 6) is 5.87. The zero-order valence-corrected chi connectivity index (χ0v) is 12.2. The Morgan fingerprint density at radius 3 is 2.71 bits per heavy atom. The predicted molar refractivity (Wildman–Crippen MR) is 80.0 cm³/mol. The van der Waals surface area contributed by atoms with Crippen molar-refractivity contribution >= 4 is 11.6 Å². The minimum atomic E-state index is -0.446. The molecule has 0 fully saturated rings. The molecule has 0 heterocycles. The fraction of sp³-hybridized carbons (Fsp3) is 0.200. The Bertz CT molecular complexity index is 610. The molecule has 2 rings (SSSR count). The summed E-state index contributed by atoms with van der Waals surface area (Å²) in [5.41, 5.74) is 3.27. The predicted octanol–water partition coefficient (Wildman–Crippen LogP) is 3.07. The second kappa shape index (κ2) is 7.26. The molecule has 0 bridgehead atoms. The molecule has 2 aromatic carbocycles. The van der Waals surface area contributed by atoms with Gasteiger partial charge in [-0.1, -0.05) is 23.7 Å². The third kappa shape index (κ3) is 4.07. The maximum atomic E-state index is 13.7. The lowest BCUT2D eigenvalue weighted by Crippen LogP contribution is -2.32. The van der Waals surface area contributed by atoms with Gasteiger partial charge in [0.25, 0.3) is 0 Å². The minimum Gasteiger partial charge on any atom is -0.494 e. The summed E-state index contributed by atoms with van der Waals surface area (Å²) in [7, 11) is 1.42. The number of halogens is 2. The average Bonchev–Trinajstić information content (AvgIpc) is 2.48. The van der Waals surface area contributed by atoms with Gasteiger partial charge < -0.3 is 9.47 Å². The van der Waals surface area contributed by atoms with Crippen LogP contribution in [0, 0.1) is 5.82 Å². The highest BCUT2D eigenvalue weighted by Crippen LogP contribution is 2.23. The third-order valence-corrected chi connectivity index (χ3v) is 3.23. The molecule has 0 radical (unpaired) electrons. The standard InChI is InChI=1S/C15H16ClFN2O2/c1-20-15-6-5-10(7-13(15)17)14(19-18)9-21-12-4-2-3-11(16)8-12/h2-8,14,19H,9,18H2,1H3. The lowest BCUT2D eigenvalue weighted by atomic mass is 10.1. The van der Waals surface area contributed by atoms with Crippen LogP contribution in [0.2, 0.25) is 5.02 Å². The van der Waals surface area contributed by atoms with E-state index in [1.54, 1.807) is 36.4 Å². The SMILES string of the molecule is COc1ccc(C(COc2cccc(Cl)c2)NN)cc1F. The average molecular weight is 311 g/mol. The van der Waals surface area contributed by atoms with Crippen molar-refractivity contribution in [1.29, 1.82) is 0 Å². The van der Waals surface area contributed by atoms with Crippen LogP contribution in [0.1, 0.15) is 11.6 Å². The van der Waals surface area contributed by atoms with E-state index in [9.17, 15) is 4.39 Å². The van der Waals surface area contributed by atoms with E-state index in [2.05, 4.69) is 5.43 Å². The Kier molecular flexibility index (Phi) is 5.38. The molecular formula is C15H16ClFN2O2. The van der Waals surface area contributed by atoms with Gasteiger partial charge in [0.2, 0.25) is 0 Å². The first-order valence-electron chi connectivity index (χ1n) is 6.32. The van der Waals surface area contributed by atoms with Crippen LogP contribution >= 0.6 is 11.6 Å². The second-order valence-electron chi connectivity index (χ2n) is 4.38. The molecule has 0 aliphatic rings. The van der Waals surface area contributed by atoms with Gasteiger partial charge in [0.05, 0.1) is 13.2 Å². The highest BCUT2D eigenvalue weighted by molar-refractivity contribution is 6.30. The normalized spacial score (nSPS) is 12.0. The van der Waals surface area contributed by atoms with Crippen LogP contribution in [0.25, 0.3) is 0 Å². The number of nitrogens with two attached hydrogens (primary N) is 1. The molecule has 6 heteroatoms. The summed E-state index contributed by atoms with van der Waals surface area (Å²) >= 11 is 5.88. The summed E-state index contributed by atoms with van der Waals surface area (Å²) in [4.78, 5) is 0. The fourth-order valence-electron chi connectivity index (χ4n) is 1.88. The van der Waals surface area contributed by atoms with Gasteiger partial charge >= 0.3 is 0 Å². The molecule has 0 saturated heterocycles. The molecule has 0 saturated carbocycles. The lowest BCUT2D eigenvalue weighted by molar-refractivity contribution is 0.267. The molecule has 3 N–H and O–H groups in total. The molecule has 0 aromatic heterocycles. The van der Waals surface area contributed by atoms with E-state index >= 15 is 0 Å². The quantitative estimate of drug-likeness (QED) is 0.636. The van der Waals surface area contributed by atoms with E-state index in [-0.39, 0.29) is 18.4 Å². The molecule has 0 spiro atoms. The first-order valence-corrected chi connectivity index (χ1v) is 6.69. The largest absolute Gasteiger partial charge is 0.494 e. The number of hydrazine groups is 1. The molecule has 4 nitrogen and oxygen atoms in total. The van der Waals surface area contributed by atoms with Crippen molar-refractivity contribution in [3.05, 3.63) is 58.9 Å². The van der Waals surface area contributed by atoms with Gasteiger partial charge in [0.15, 0.2) is 11.6 Å². The molecule has 2 aromatic rings. The molecule has 0 aliphatic carbocycles. The van der Waals surface area contributed by atoms with Crippen LogP contribution in [-0.4, -0.2) is 13.7 Å². The van der Waals surface area contributed by atoms with Crippen molar-refractivity contribution in [1.82, 2.24) is 5.43 Å². The molecule has 0 amide bonds. The fourth-order valence-corrected chi connectivity index (χ4v) is 2.06. The molecule has 112 valence electrons. The van der Waals surface area contributed by atoms with Crippen molar-refractivity contribution < 1.29 is 13.9 Å². The topological polar surface area (TPSA) is 56.5 Å². The van der Waals surface area contributed by atoms with Crippen LogP contribution in [0.4, 0.5) is 4.39 Å². The van der Waals surface area contributed by atoms with Gasteiger partial charge in [-0.25, -0.2) is 9.82 Å². The van der Waals surface area contributed by atoms with Crippen molar-refractivity contribution in [3.8, 4) is 11.5 Å². The van der Waals surface area contributed by atoms with Gasteiger partial charge in [-0.3, -0.25) is 5.84 Å². The number of hydrogen-bond acceptors (Lipinski definition) is 4. The highest BCUT2D eigenvalue weighted by Gasteiger charge is 2.13. The number of hydrogen-bond donors (Lipinski definition) is 2. The zero-order chi connectivity index (χ0) is 15.2. The number of benzene rings is 2.